The molecule has 3 aromatic rings. The number of rotatable bonds is 5. The molecule has 1 aromatic heterocycles. The molecule has 0 bridgehead atoms. The predicted octanol–water partition coefficient (Wildman–Crippen LogP) is 4.80. The number of fused-ring (bicyclic) bond motifs is 1. The van der Waals surface area contributed by atoms with Crippen molar-refractivity contribution in [2.75, 3.05) is 0 Å². The number of hydrogen-bond acceptors (Lipinski definition) is 3. The molecule has 1 amide bonds. The third-order valence-corrected chi connectivity index (χ3v) is 4.83. The van der Waals surface area contributed by atoms with Gasteiger partial charge in [0.05, 0.1) is 17.4 Å². The van der Waals surface area contributed by atoms with Gasteiger partial charge in [-0.25, -0.2) is 4.68 Å². The van der Waals surface area contributed by atoms with Crippen LogP contribution in [0.2, 0.25) is 0 Å². The van der Waals surface area contributed by atoms with Crippen LogP contribution >= 0.6 is 0 Å². The van der Waals surface area contributed by atoms with Gasteiger partial charge < -0.3 is 10.1 Å². The number of nitrogens with zero attached hydrogens (tertiary/aromatic N) is 2. The van der Waals surface area contributed by atoms with Gasteiger partial charge in [-0.2, -0.15) is 5.10 Å². The van der Waals surface area contributed by atoms with Crippen molar-refractivity contribution in [1.82, 2.24) is 15.1 Å². The van der Waals surface area contributed by atoms with Crippen LogP contribution in [-0.4, -0.2) is 22.1 Å². The Bertz CT molecular complexity index is 1060. The maximum absolute atomic E-state index is 12.9. The zero-order chi connectivity index (χ0) is 21.5. The number of carbonyl (C=O) groups is 1. The molecule has 156 valence electrons. The Hall–Kier alpha value is -3.29. The number of benzene rings is 2. The molecule has 4 rings (SSSR count). The number of halogens is 3. The van der Waals surface area contributed by atoms with E-state index in [0.29, 0.717) is 23.7 Å². The van der Waals surface area contributed by atoms with Crippen LogP contribution in [0.1, 0.15) is 47.2 Å². The summed E-state index contributed by atoms with van der Waals surface area (Å²) in [6, 6.07) is 14.6. The van der Waals surface area contributed by atoms with Gasteiger partial charge in [-0.1, -0.05) is 44.2 Å². The van der Waals surface area contributed by atoms with Gasteiger partial charge in [0, 0.05) is 5.56 Å². The van der Waals surface area contributed by atoms with Crippen LogP contribution in [0.3, 0.4) is 0 Å². The van der Waals surface area contributed by atoms with Gasteiger partial charge in [0.2, 0.25) is 0 Å². The van der Waals surface area contributed by atoms with Crippen molar-refractivity contribution in [2.45, 2.75) is 32.7 Å². The standard InChI is InChI=1S/C22H20F3N3O2/c1-13(2)12-17-18-19(14-6-4-3-5-7-14)26-21(29)20(18)28(27-17)15-8-10-16(11-9-15)30-22(23,24)25/h3-11,13,19H,12H2,1-2H3,(H,26,29). The zero-order valence-electron chi connectivity index (χ0n) is 16.4. The minimum atomic E-state index is -4.76. The van der Waals surface area contributed by atoms with Crippen molar-refractivity contribution < 1.29 is 22.7 Å². The molecular weight excluding hydrogens is 395 g/mol. The van der Waals surface area contributed by atoms with E-state index in [1.54, 1.807) is 0 Å². The summed E-state index contributed by atoms with van der Waals surface area (Å²) < 4.78 is 42.7. The van der Waals surface area contributed by atoms with Gasteiger partial charge in [0.1, 0.15) is 11.4 Å². The topological polar surface area (TPSA) is 56.1 Å². The monoisotopic (exact) mass is 415 g/mol. The summed E-state index contributed by atoms with van der Waals surface area (Å²) in [5, 5.41) is 7.67. The molecule has 0 radical (unpaired) electrons. The van der Waals surface area contributed by atoms with E-state index in [1.165, 1.54) is 28.9 Å². The highest BCUT2D eigenvalue weighted by Crippen LogP contribution is 2.36. The fraction of sp³-hybridized carbons (Fsp3) is 0.273. The van der Waals surface area contributed by atoms with Crippen molar-refractivity contribution in [3.8, 4) is 11.4 Å². The molecule has 8 heteroatoms. The number of carbonyl (C=O) groups excluding carboxylic acids is 1. The van der Waals surface area contributed by atoms with E-state index in [-0.39, 0.29) is 17.7 Å². The number of aromatic nitrogens is 2. The van der Waals surface area contributed by atoms with Gasteiger partial charge in [-0.05, 0) is 42.2 Å². The van der Waals surface area contributed by atoms with Crippen LogP contribution in [0, 0.1) is 5.92 Å². The fourth-order valence-corrected chi connectivity index (χ4v) is 3.68. The first-order valence-electron chi connectivity index (χ1n) is 9.56. The lowest BCUT2D eigenvalue weighted by molar-refractivity contribution is -0.274. The smallest absolute Gasteiger partial charge is 0.406 e. The maximum Gasteiger partial charge on any atom is 0.573 e. The van der Waals surface area contributed by atoms with Crippen LogP contribution in [0.4, 0.5) is 13.2 Å². The highest BCUT2D eigenvalue weighted by atomic mass is 19.4. The molecule has 1 atom stereocenters. The number of nitrogens with one attached hydrogen (secondary N) is 1. The average Bonchev–Trinajstić information content (AvgIpc) is 3.21. The molecular formula is C22H20F3N3O2. The first-order chi connectivity index (χ1) is 14.2. The van der Waals surface area contributed by atoms with Gasteiger partial charge in [-0.3, -0.25) is 4.79 Å². The molecule has 30 heavy (non-hydrogen) atoms. The van der Waals surface area contributed by atoms with Crippen LogP contribution < -0.4 is 10.1 Å². The second-order valence-electron chi connectivity index (χ2n) is 7.58. The summed E-state index contributed by atoms with van der Waals surface area (Å²) in [7, 11) is 0. The second kappa shape index (κ2) is 7.51. The minimum Gasteiger partial charge on any atom is -0.406 e. The summed E-state index contributed by atoms with van der Waals surface area (Å²) in [5.74, 6) is -0.284. The molecule has 0 aliphatic carbocycles. The lowest BCUT2D eigenvalue weighted by Gasteiger charge is -2.14. The van der Waals surface area contributed by atoms with E-state index in [2.05, 4.69) is 29.0 Å². The highest BCUT2D eigenvalue weighted by Gasteiger charge is 2.38. The molecule has 0 spiro atoms. The Morgan fingerprint density at radius 2 is 1.77 bits per heavy atom. The molecule has 1 aliphatic rings. The Labute approximate surface area is 171 Å². The number of amides is 1. The highest BCUT2D eigenvalue weighted by molar-refractivity contribution is 5.99. The fourth-order valence-electron chi connectivity index (χ4n) is 3.68. The summed E-state index contributed by atoms with van der Waals surface area (Å²) in [6.45, 7) is 4.13. The predicted molar refractivity (Wildman–Crippen MR) is 105 cm³/mol. The molecule has 1 aliphatic heterocycles. The maximum atomic E-state index is 12.9. The van der Waals surface area contributed by atoms with E-state index >= 15 is 0 Å². The third kappa shape index (κ3) is 3.90. The zero-order valence-corrected chi connectivity index (χ0v) is 16.4. The summed E-state index contributed by atoms with van der Waals surface area (Å²) >= 11 is 0. The van der Waals surface area contributed by atoms with Crippen LogP contribution in [0.5, 0.6) is 5.75 Å². The number of ether oxygens (including phenoxy) is 1. The van der Waals surface area contributed by atoms with E-state index in [1.807, 2.05) is 30.3 Å². The SMILES string of the molecule is CC(C)Cc1nn(-c2ccc(OC(F)(F)F)cc2)c2c1C(c1ccccc1)NC2=O. The van der Waals surface area contributed by atoms with E-state index in [9.17, 15) is 18.0 Å². The molecule has 2 heterocycles. The normalized spacial score (nSPS) is 15.9. The molecule has 2 aromatic carbocycles. The molecule has 0 fully saturated rings. The molecule has 0 saturated heterocycles. The van der Waals surface area contributed by atoms with Crippen molar-refractivity contribution >= 4 is 5.91 Å². The van der Waals surface area contributed by atoms with Gasteiger partial charge in [0.25, 0.3) is 5.91 Å². The summed E-state index contributed by atoms with van der Waals surface area (Å²) in [5.41, 5.74) is 3.45. The average molecular weight is 415 g/mol. The lowest BCUT2D eigenvalue weighted by atomic mass is 9.96. The van der Waals surface area contributed by atoms with E-state index in [4.69, 9.17) is 0 Å². The molecule has 1 N–H and O–H groups in total. The van der Waals surface area contributed by atoms with Crippen molar-refractivity contribution in [1.29, 1.82) is 0 Å². The molecule has 1 unspecified atom stereocenters. The van der Waals surface area contributed by atoms with Gasteiger partial charge in [0.15, 0.2) is 0 Å². The van der Waals surface area contributed by atoms with Crippen molar-refractivity contribution in [3.63, 3.8) is 0 Å². The van der Waals surface area contributed by atoms with Gasteiger partial charge in [-0.15, -0.1) is 13.2 Å². The van der Waals surface area contributed by atoms with Crippen LogP contribution in [-0.2, 0) is 6.42 Å². The van der Waals surface area contributed by atoms with Crippen molar-refractivity contribution in [3.05, 3.63) is 77.1 Å². The summed E-state index contributed by atoms with van der Waals surface area (Å²) in [6.07, 6.45) is -4.09. The van der Waals surface area contributed by atoms with Gasteiger partial charge >= 0.3 is 6.36 Å². The minimum absolute atomic E-state index is 0.267. The quantitative estimate of drug-likeness (QED) is 0.651. The van der Waals surface area contributed by atoms with Crippen LogP contribution in [0.25, 0.3) is 5.69 Å². The summed E-state index contributed by atoms with van der Waals surface area (Å²) in [4.78, 5) is 12.9. The largest absolute Gasteiger partial charge is 0.573 e. The number of hydrogen-bond donors (Lipinski definition) is 1. The Morgan fingerprint density at radius 1 is 1.10 bits per heavy atom. The third-order valence-electron chi connectivity index (χ3n) is 4.83. The van der Waals surface area contributed by atoms with Crippen molar-refractivity contribution in [2.24, 2.45) is 5.92 Å². The lowest BCUT2D eigenvalue weighted by Crippen LogP contribution is -2.23. The Morgan fingerprint density at radius 3 is 2.37 bits per heavy atom. The molecule has 0 saturated carbocycles. The number of alkyl halides is 3. The Kier molecular flexibility index (Phi) is 5.01. The van der Waals surface area contributed by atoms with Crippen LogP contribution in [0.15, 0.2) is 54.6 Å². The molecule has 5 nitrogen and oxygen atoms in total. The first kappa shape index (κ1) is 20.0. The van der Waals surface area contributed by atoms with E-state index in [0.717, 1.165) is 16.8 Å². The second-order valence-corrected chi connectivity index (χ2v) is 7.58. The van der Waals surface area contributed by atoms with E-state index < -0.39 is 6.36 Å². The Balaban J connectivity index is 1.78. The first-order valence-corrected chi connectivity index (χ1v) is 9.56.